The summed E-state index contributed by atoms with van der Waals surface area (Å²) in [4.78, 5) is 18.2. The minimum Gasteiger partial charge on any atom is -0.394 e. The van der Waals surface area contributed by atoms with Crippen LogP contribution in [0.5, 0.6) is 0 Å². The molecule has 0 aliphatic carbocycles. The van der Waals surface area contributed by atoms with Crippen LogP contribution in [0.2, 0.25) is 0 Å². The van der Waals surface area contributed by atoms with Gasteiger partial charge in [0.15, 0.2) is 0 Å². The third kappa shape index (κ3) is 2.62. The molecular weight excluding hydrogens is 290 g/mol. The number of likely N-dealkylation sites (N-methyl/N-ethyl adjacent to an activating group) is 1. The third-order valence-electron chi connectivity index (χ3n) is 4.47. The van der Waals surface area contributed by atoms with Gasteiger partial charge in [-0.2, -0.15) is 0 Å². The van der Waals surface area contributed by atoms with Crippen LogP contribution in [0.4, 0.5) is 0 Å². The van der Waals surface area contributed by atoms with Crippen molar-refractivity contribution in [2.24, 2.45) is 0 Å². The summed E-state index contributed by atoms with van der Waals surface area (Å²) < 4.78 is 5.69. The van der Waals surface area contributed by atoms with E-state index >= 15 is 0 Å². The van der Waals surface area contributed by atoms with Crippen LogP contribution in [0.25, 0.3) is 0 Å². The first-order valence-electron chi connectivity index (χ1n) is 7.40. The minimum atomic E-state index is -0.804. The van der Waals surface area contributed by atoms with Gasteiger partial charge < -0.3 is 20.3 Å². The molecule has 0 spiro atoms. The summed E-state index contributed by atoms with van der Waals surface area (Å²) in [6.07, 6.45) is -0.681. The highest BCUT2D eigenvalue weighted by molar-refractivity contribution is 5.84. The number of nitrogens with zero attached hydrogens (tertiary/aromatic N) is 3. The number of aliphatic hydroxyl groups is 2. The highest BCUT2D eigenvalue weighted by atomic mass is 16.5. The Morgan fingerprint density at radius 1 is 1.50 bits per heavy atom. The van der Waals surface area contributed by atoms with Crippen LogP contribution in [0, 0.1) is 6.42 Å². The number of ether oxygens (including phenoxy) is 1. The molecule has 3 saturated heterocycles. The number of fused-ring (bicyclic) bond motifs is 1. The van der Waals surface area contributed by atoms with Crippen molar-refractivity contribution >= 4 is 5.91 Å². The van der Waals surface area contributed by atoms with E-state index in [9.17, 15) is 15.0 Å². The second kappa shape index (κ2) is 6.00. The average Bonchev–Trinajstić information content (AvgIpc) is 2.99. The zero-order valence-electron chi connectivity index (χ0n) is 13.0. The van der Waals surface area contributed by atoms with Crippen LogP contribution < -0.4 is 10.6 Å². The van der Waals surface area contributed by atoms with Crippen molar-refractivity contribution in [3.8, 4) is 0 Å². The number of aliphatic hydroxyl groups excluding tert-OH is 2. The molecule has 3 aliphatic rings. The van der Waals surface area contributed by atoms with Gasteiger partial charge in [-0.1, -0.05) is 0 Å². The predicted octanol–water partition coefficient (Wildman–Crippen LogP) is -3.27. The fraction of sp³-hybridized carbons (Fsp3) is 0.846. The van der Waals surface area contributed by atoms with Gasteiger partial charge in [-0.05, 0) is 21.1 Å². The lowest BCUT2D eigenvalue weighted by Gasteiger charge is -2.41. The molecule has 3 fully saturated rings. The van der Waals surface area contributed by atoms with Crippen LogP contribution in [0.3, 0.4) is 0 Å². The largest absolute Gasteiger partial charge is 0.394 e. The van der Waals surface area contributed by atoms with Gasteiger partial charge in [-0.15, -0.1) is 0 Å². The summed E-state index contributed by atoms with van der Waals surface area (Å²) in [5, 5.41) is 25.4. The van der Waals surface area contributed by atoms with Crippen LogP contribution in [0.1, 0.15) is 0 Å². The summed E-state index contributed by atoms with van der Waals surface area (Å²) in [6.45, 7) is 0.294. The summed E-state index contributed by atoms with van der Waals surface area (Å²) in [5.74, 6) is -0.0373. The van der Waals surface area contributed by atoms with Gasteiger partial charge in [0.25, 0.3) is 0 Å². The predicted molar refractivity (Wildman–Crippen MR) is 76.9 cm³/mol. The lowest BCUT2D eigenvalue weighted by Crippen LogP contribution is -2.71. The zero-order valence-corrected chi connectivity index (χ0v) is 13.0. The number of amides is 1. The molecule has 9 heteroatoms. The molecule has 125 valence electrons. The lowest BCUT2D eigenvalue weighted by atomic mass is 10.1. The van der Waals surface area contributed by atoms with Crippen molar-refractivity contribution in [3.05, 3.63) is 6.42 Å². The standard InChI is InChI=1S/C13H24N5O4/c1-16(2)13-14-11-10(12(21)15-13)17(3)6-18(11)9-4-7(20)8(5-19)22-9/h4,7-11,13-14,19-20H,5-6H2,1-3H3,(H,15,21)/t7-,8+,9+,10?,11?,13?/m0/s1. The summed E-state index contributed by atoms with van der Waals surface area (Å²) in [5.41, 5.74) is 0. The number of carbonyl (C=O) groups excluding carboxylic acids is 1. The fourth-order valence-corrected chi connectivity index (χ4v) is 3.26. The van der Waals surface area contributed by atoms with Crippen molar-refractivity contribution in [3.63, 3.8) is 0 Å². The van der Waals surface area contributed by atoms with Crippen molar-refractivity contribution in [1.29, 1.82) is 0 Å². The van der Waals surface area contributed by atoms with Gasteiger partial charge >= 0.3 is 0 Å². The number of carbonyl (C=O) groups is 1. The van der Waals surface area contributed by atoms with Gasteiger partial charge in [0.1, 0.15) is 24.7 Å². The lowest BCUT2D eigenvalue weighted by molar-refractivity contribution is -0.134. The molecule has 0 aromatic heterocycles. The number of nitrogens with one attached hydrogen (secondary N) is 2. The first kappa shape index (κ1) is 16.1. The highest BCUT2D eigenvalue weighted by Crippen LogP contribution is 2.30. The van der Waals surface area contributed by atoms with E-state index in [1.807, 2.05) is 35.8 Å². The Labute approximate surface area is 129 Å². The van der Waals surface area contributed by atoms with Gasteiger partial charge in [0.05, 0.1) is 25.5 Å². The van der Waals surface area contributed by atoms with Crippen molar-refractivity contribution in [2.75, 3.05) is 34.4 Å². The van der Waals surface area contributed by atoms with E-state index in [0.29, 0.717) is 6.67 Å². The van der Waals surface area contributed by atoms with Gasteiger partial charge in [0, 0.05) is 6.42 Å². The molecule has 0 bridgehead atoms. The normalized spacial score (nSPS) is 43.6. The Balaban J connectivity index is 1.77. The molecule has 22 heavy (non-hydrogen) atoms. The Morgan fingerprint density at radius 2 is 2.23 bits per heavy atom. The van der Waals surface area contributed by atoms with Crippen molar-refractivity contribution < 1.29 is 19.7 Å². The summed E-state index contributed by atoms with van der Waals surface area (Å²) >= 11 is 0. The van der Waals surface area contributed by atoms with E-state index in [4.69, 9.17) is 4.74 Å². The molecule has 0 saturated carbocycles. The van der Waals surface area contributed by atoms with E-state index in [-0.39, 0.29) is 31.0 Å². The molecule has 3 heterocycles. The number of rotatable bonds is 3. The Bertz CT molecular complexity index is 437. The molecular formula is C13H24N5O4. The zero-order chi connectivity index (χ0) is 16.0. The van der Waals surface area contributed by atoms with Crippen molar-refractivity contribution in [1.82, 2.24) is 25.3 Å². The molecule has 9 nitrogen and oxygen atoms in total. The third-order valence-corrected chi connectivity index (χ3v) is 4.47. The van der Waals surface area contributed by atoms with E-state index in [2.05, 4.69) is 10.6 Å². The van der Waals surface area contributed by atoms with E-state index in [0.717, 1.165) is 0 Å². The van der Waals surface area contributed by atoms with Crippen LogP contribution in [0.15, 0.2) is 0 Å². The summed E-state index contributed by atoms with van der Waals surface area (Å²) in [6, 6.07) is -0.321. The maximum Gasteiger partial charge on any atom is 0.242 e. The molecule has 6 atom stereocenters. The van der Waals surface area contributed by atoms with Gasteiger partial charge in [0.2, 0.25) is 5.91 Å². The number of hydrogen-bond acceptors (Lipinski definition) is 8. The molecule has 3 rings (SSSR count). The van der Waals surface area contributed by atoms with Gasteiger partial charge in [-0.25, -0.2) is 4.90 Å². The quantitative estimate of drug-likeness (QED) is 0.431. The second-order valence-electron chi connectivity index (χ2n) is 6.27. The Hall–Kier alpha value is -0.810. The minimum absolute atomic E-state index is 0.0373. The van der Waals surface area contributed by atoms with E-state index in [1.54, 1.807) is 6.42 Å². The molecule has 3 aliphatic heterocycles. The first-order chi connectivity index (χ1) is 10.4. The van der Waals surface area contributed by atoms with Crippen LogP contribution >= 0.6 is 0 Å². The number of hydrogen-bond donors (Lipinski definition) is 4. The monoisotopic (exact) mass is 314 g/mol. The van der Waals surface area contributed by atoms with Crippen LogP contribution in [-0.2, 0) is 9.53 Å². The molecule has 4 N–H and O–H groups in total. The fourth-order valence-electron chi connectivity index (χ4n) is 3.26. The van der Waals surface area contributed by atoms with Crippen molar-refractivity contribution in [2.45, 2.75) is 36.9 Å². The maximum atomic E-state index is 12.4. The van der Waals surface area contributed by atoms with Crippen LogP contribution in [-0.4, -0.2) is 102 Å². The second-order valence-corrected chi connectivity index (χ2v) is 6.27. The molecule has 0 aromatic carbocycles. The smallest absolute Gasteiger partial charge is 0.242 e. The Morgan fingerprint density at radius 3 is 2.82 bits per heavy atom. The van der Waals surface area contributed by atoms with Gasteiger partial charge in [-0.3, -0.25) is 19.9 Å². The molecule has 1 amide bonds. The van der Waals surface area contributed by atoms with E-state index in [1.165, 1.54) is 0 Å². The first-order valence-corrected chi connectivity index (χ1v) is 7.40. The SMILES string of the molecule is CN(C)C1NC(=O)C2C(N1)N([C@H]1[CH][C@H](O)[C@@H](CO)O1)CN2C. The average molecular weight is 314 g/mol. The molecule has 0 aromatic rings. The maximum absolute atomic E-state index is 12.4. The van der Waals surface area contributed by atoms with E-state index < -0.39 is 18.4 Å². The highest BCUT2D eigenvalue weighted by Gasteiger charge is 2.51. The Kier molecular flexibility index (Phi) is 4.38. The molecule has 3 unspecified atom stereocenters. The summed E-state index contributed by atoms with van der Waals surface area (Å²) in [7, 11) is 5.64. The topological polar surface area (TPSA) is 101 Å². The molecule has 1 radical (unpaired) electrons.